The zero-order valence-corrected chi connectivity index (χ0v) is 32.5. The molecule has 0 unspecified atom stereocenters. The van der Waals surface area contributed by atoms with Gasteiger partial charge in [0.15, 0.2) is 0 Å². The van der Waals surface area contributed by atoms with E-state index in [1.54, 1.807) is 5.57 Å². The highest BCUT2D eigenvalue weighted by atomic mass is 15.1. The number of hydrogen-bond donors (Lipinski definition) is 0. The third-order valence-corrected chi connectivity index (χ3v) is 13.1. The summed E-state index contributed by atoms with van der Waals surface area (Å²) in [5, 5.41) is 2.57. The smallest absolute Gasteiger partial charge is 0.0541 e. The molecule has 0 bridgehead atoms. The SMILES string of the molecule is CC1(C)C2=C(C=CCC2)c2ccc(N(c3ccccc3)c3ccc4c(c3)C(C)(C)c3cccc(-c5ccc(-n6c7ccccc7c7ccccc76)cc5)c3-4)cc21. The Bertz CT molecular complexity index is 2900. The Morgan fingerprint density at radius 2 is 1.12 bits per heavy atom. The van der Waals surface area contributed by atoms with Gasteiger partial charge in [0.25, 0.3) is 0 Å². The van der Waals surface area contributed by atoms with Crippen LogP contribution in [0.4, 0.5) is 17.1 Å². The van der Waals surface area contributed by atoms with E-state index in [2.05, 4.69) is 207 Å². The van der Waals surface area contributed by atoms with Gasteiger partial charge in [-0.05, 0) is 124 Å². The van der Waals surface area contributed by atoms with Crippen molar-refractivity contribution in [3.8, 4) is 27.9 Å². The number of para-hydroxylation sites is 3. The minimum Gasteiger partial charge on any atom is -0.310 e. The highest BCUT2D eigenvalue weighted by molar-refractivity contribution is 6.09. The zero-order chi connectivity index (χ0) is 37.8. The quantitative estimate of drug-likeness (QED) is 0.172. The fourth-order valence-corrected chi connectivity index (χ4v) is 10.3. The molecule has 3 aliphatic rings. The second-order valence-electron chi connectivity index (χ2n) is 16.9. The van der Waals surface area contributed by atoms with E-state index in [1.807, 2.05) is 0 Å². The molecule has 0 radical (unpaired) electrons. The van der Waals surface area contributed by atoms with E-state index in [9.17, 15) is 0 Å². The molecule has 11 rings (SSSR count). The van der Waals surface area contributed by atoms with E-state index in [4.69, 9.17) is 0 Å². The largest absolute Gasteiger partial charge is 0.310 e. The first kappa shape index (κ1) is 33.0. The molecule has 0 atom stereocenters. The molecular weight excluding hydrogens is 677 g/mol. The third kappa shape index (κ3) is 4.69. The molecule has 0 spiro atoms. The van der Waals surface area contributed by atoms with Gasteiger partial charge in [0.1, 0.15) is 0 Å². The Labute approximate surface area is 329 Å². The van der Waals surface area contributed by atoms with E-state index in [0.29, 0.717) is 0 Å². The van der Waals surface area contributed by atoms with Gasteiger partial charge in [-0.2, -0.15) is 0 Å². The van der Waals surface area contributed by atoms with Gasteiger partial charge >= 0.3 is 0 Å². The van der Waals surface area contributed by atoms with E-state index in [0.717, 1.165) is 18.5 Å². The fourth-order valence-electron chi connectivity index (χ4n) is 10.3. The first-order chi connectivity index (χ1) is 27.3. The van der Waals surface area contributed by atoms with Crippen molar-refractivity contribution in [3.05, 3.63) is 198 Å². The molecule has 56 heavy (non-hydrogen) atoms. The predicted octanol–water partition coefficient (Wildman–Crippen LogP) is 14.6. The molecule has 0 aliphatic heterocycles. The summed E-state index contributed by atoms with van der Waals surface area (Å²) < 4.78 is 2.39. The second kappa shape index (κ2) is 12.1. The van der Waals surface area contributed by atoms with E-state index in [1.165, 1.54) is 88.9 Å². The Morgan fingerprint density at radius 1 is 0.500 bits per heavy atom. The normalized spacial score (nSPS) is 15.9. The number of allylic oxidation sites excluding steroid dienone is 4. The summed E-state index contributed by atoms with van der Waals surface area (Å²) in [7, 11) is 0. The first-order valence-corrected chi connectivity index (χ1v) is 20.1. The lowest BCUT2D eigenvalue weighted by Crippen LogP contribution is -2.19. The van der Waals surface area contributed by atoms with Gasteiger partial charge in [0.2, 0.25) is 0 Å². The van der Waals surface area contributed by atoms with E-state index in [-0.39, 0.29) is 10.8 Å². The van der Waals surface area contributed by atoms with Crippen molar-refractivity contribution in [2.24, 2.45) is 0 Å². The number of nitrogens with zero attached hydrogens (tertiary/aromatic N) is 2. The molecule has 0 saturated heterocycles. The Balaban J connectivity index is 1.01. The van der Waals surface area contributed by atoms with Crippen molar-refractivity contribution < 1.29 is 0 Å². The minimum absolute atomic E-state index is 0.00736. The van der Waals surface area contributed by atoms with Crippen LogP contribution in [0, 0.1) is 0 Å². The highest BCUT2D eigenvalue weighted by Crippen LogP contribution is 2.55. The third-order valence-electron chi connectivity index (χ3n) is 13.1. The average Bonchev–Trinajstić information content (AvgIpc) is 3.78. The number of hydrogen-bond acceptors (Lipinski definition) is 1. The molecule has 7 aromatic carbocycles. The van der Waals surface area contributed by atoms with E-state index >= 15 is 0 Å². The van der Waals surface area contributed by atoms with Gasteiger partial charge in [0, 0.05) is 44.4 Å². The molecule has 0 amide bonds. The number of rotatable bonds is 5. The Kier molecular flexibility index (Phi) is 7.11. The van der Waals surface area contributed by atoms with Crippen LogP contribution in [0.25, 0.3) is 55.3 Å². The van der Waals surface area contributed by atoms with Gasteiger partial charge in [-0.15, -0.1) is 0 Å². The monoisotopic (exact) mass is 720 g/mol. The molecule has 1 aromatic heterocycles. The summed E-state index contributed by atoms with van der Waals surface area (Å²) in [5.74, 6) is 0. The van der Waals surface area contributed by atoms with Crippen molar-refractivity contribution >= 4 is 44.4 Å². The van der Waals surface area contributed by atoms with Crippen LogP contribution in [-0.2, 0) is 10.8 Å². The maximum absolute atomic E-state index is 2.46. The highest BCUT2D eigenvalue weighted by Gasteiger charge is 2.39. The molecule has 0 fully saturated rings. The Morgan fingerprint density at radius 3 is 1.82 bits per heavy atom. The molecule has 2 nitrogen and oxygen atoms in total. The summed E-state index contributed by atoms with van der Waals surface area (Å²) >= 11 is 0. The van der Waals surface area contributed by atoms with Crippen LogP contribution in [0.15, 0.2) is 175 Å². The van der Waals surface area contributed by atoms with Crippen LogP contribution < -0.4 is 4.90 Å². The van der Waals surface area contributed by atoms with Crippen LogP contribution in [0.2, 0.25) is 0 Å². The van der Waals surface area contributed by atoms with Crippen LogP contribution in [0.1, 0.15) is 62.8 Å². The molecular formula is C54H44N2. The van der Waals surface area contributed by atoms with Crippen molar-refractivity contribution in [3.63, 3.8) is 0 Å². The Hall–Kier alpha value is -6.38. The van der Waals surface area contributed by atoms with E-state index < -0.39 is 0 Å². The van der Waals surface area contributed by atoms with Crippen LogP contribution in [0.5, 0.6) is 0 Å². The summed E-state index contributed by atoms with van der Waals surface area (Å²) in [6.45, 7) is 9.61. The van der Waals surface area contributed by atoms with Gasteiger partial charge in [-0.3, -0.25) is 0 Å². The number of benzene rings is 7. The van der Waals surface area contributed by atoms with Crippen molar-refractivity contribution in [2.75, 3.05) is 4.90 Å². The lowest BCUT2D eigenvalue weighted by Gasteiger charge is -2.30. The van der Waals surface area contributed by atoms with Crippen molar-refractivity contribution in [1.82, 2.24) is 4.57 Å². The predicted molar refractivity (Wildman–Crippen MR) is 237 cm³/mol. The van der Waals surface area contributed by atoms with Crippen molar-refractivity contribution in [1.29, 1.82) is 0 Å². The molecule has 2 heteroatoms. The van der Waals surface area contributed by atoms with Gasteiger partial charge in [-0.1, -0.05) is 142 Å². The second-order valence-corrected chi connectivity index (χ2v) is 16.9. The molecule has 3 aliphatic carbocycles. The summed E-state index contributed by atoms with van der Waals surface area (Å²) in [6.07, 6.45) is 6.96. The fraction of sp³-hybridized carbons (Fsp3) is 0.148. The molecule has 270 valence electrons. The number of aromatic nitrogens is 1. The summed E-state index contributed by atoms with van der Waals surface area (Å²) in [6, 6.07) is 58.7. The van der Waals surface area contributed by atoms with Crippen LogP contribution in [-0.4, -0.2) is 4.57 Å². The minimum atomic E-state index is -0.169. The molecule has 8 aromatic rings. The topological polar surface area (TPSA) is 8.17 Å². The van der Waals surface area contributed by atoms with Gasteiger partial charge in [-0.25, -0.2) is 0 Å². The summed E-state index contributed by atoms with van der Waals surface area (Å²) in [4.78, 5) is 2.46. The lowest BCUT2D eigenvalue weighted by atomic mass is 9.78. The number of anilines is 3. The zero-order valence-electron chi connectivity index (χ0n) is 32.5. The summed E-state index contributed by atoms with van der Waals surface area (Å²) in [5.41, 5.74) is 20.8. The molecule has 0 N–H and O–H groups in total. The van der Waals surface area contributed by atoms with Crippen molar-refractivity contribution in [2.45, 2.75) is 51.4 Å². The van der Waals surface area contributed by atoms with Crippen LogP contribution >= 0.6 is 0 Å². The maximum atomic E-state index is 2.46. The van der Waals surface area contributed by atoms with Crippen LogP contribution in [0.3, 0.4) is 0 Å². The standard InChI is InChI=1S/C54H44N2/c1-53(2)46-21-11-8-17-41(46)42-31-29-38(33-48(42)53)55(36-15-6-5-7-16-36)39-30-32-45-49(34-39)54(3,4)47-22-14-20-40(52(45)47)35-25-27-37(28-26-35)56-50-23-12-9-18-43(50)44-19-10-13-24-51(44)56/h5-10,12-20,22-34H,11,21H2,1-4H3. The van der Waals surface area contributed by atoms with Gasteiger partial charge in [0.05, 0.1) is 11.0 Å². The lowest BCUT2D eigenvalue weighted by molar-refractivity contribution is 0.607. The first-order valence-electron chi connectivity index (χ1n) is 20.1. The maximum Gasteiger partial charge on any atom is 0.0541 e. The average molecular weight is 721 g/mol. The molecule has 1 heterocycles. The van der Waals surface area contributed by atoms with Gasteiger partial charge < -0.3 is 9.47 Å². The number of fused-ring (bicyclic) bond motifs is 8. The molecule has 0 saturated carbocycles.